The van der Waals surface area contributed by atoms with Gasteiger partial charge in [0.15, 0.2) is 6.10 Å². The third kappa shape index (κ3) is 1.82. The predicted octanol–water partition coefficient (Wildman–Crippen LogP) is 2.72. The molecule has 92 valence electrons. The number of fused-ring (bicyclic) bond motifs is 1. The molecule has 0 radical (unpaired) electrons. The molecule has 5 heteroatoms. The third-order valence-corrected chi connectivity index (χ3v) is 3.63. The Morgan fingerprint density at radius 2 is 2.17 bits per heavy atom. The lowest BCUT2D eigenvalue weighted by molar-refractivity contribution is -0.122. The highest BCUT2D eigenvalue weighted by molar-refractivity contribution is 7.14. The van der Waals surface area contributed by atoms with Crippen molar-refractivity contribution in [3.63, 3.8) is 0 Å². The summed E-state index contributed by atoms with van der Waals surface area (Å²) in [6, 6.07) is 7.65. The van der Waals surface area contributed by atoms with Crippen molar-refractivity contribution in [3.05, 3.63) is 29.6 Å². The molecule has 1 aliphatic rings. The molecule has 1 aromatic carbocycles. The summed E-state index contributed by atoms with van der Waals surface area (Å²) >= 11 is 1.50. The Morgan fingerprint density at radius 1 is 1.33 bits per heavy atom. The molecule has 0 aliphatic carbocycles. The molecule has 2 aromatic rings. The number of hydrogen-bond acceptors (Lipinski definition) is 4. The summed E-state index contributed by atoms with van der Waals surface area (Å²) in [7, 11) is 0. The average Bonchev–Trinajstić information content (AvgIpc) is 2.77. The molecule has 0 saturated carbocycles. The van der Waals surface area contributed by atoms with Crippen molar-refractivity contribution in [1.82, 2.24) is 0 Å². The first-order chi connectivity index (χ1) is 8.63. The molecule has 0 fully saturated rings. The van der Waals surface area contributed by atoms with Crippen LogP contribution in [0.2, 0.25) is 0 Å². The van der Waals surface area contributed by atoms with Gasteiger partial charge in [0, 0.05) is 5.38 Å². The monoisotopic (exact) mass is 260 g/mol. The third-order valence-electron chi connectivity index (χ3n) is 2.86. The maximum Gasteiger partial charge on any atom is 0.265 e. The van der Waals surface area contributed by atoms with Gasteiger partial charge in [-0.05, 0) is 36.2 Å². The molecule has 0 spiro atoms. The molecule has 1 aliphatic heterocycles. The fourth-order valence-electron chi connectivity index (χ4n) is 1.89. The van der Waals surface area contributed by atoms with Crippen LogP contribution in [0.4, 0.5) is 10.7 Å². The second kappa shape index (κ2) is 4.03. The number of carbonyl (C=O) groups excluding carboxylic acids is 1. The van der Waals surface area contributed by atoms with Crippen molar-refractivity contribution in [3.8, 4) is 16.9 Å². The van der Waals surface area contributed by atoms with E-state index in [1.165, 1.54) is 11.3 Å². The Labute approximate surface area is 108 Å². The molecule has 3 N–H and O–H groups in total. The second-order valence-electron chi connectivity index (χ2n) is 4.20. The summed E-state index contributed by atoms with van der Waals surface area (Å²) in [6.07, 6.45) is -0.444. The number of rotatable bonds is 1. The molecule has 1 aromatic heterocycles. The lowest BCUT2D eigenvalue weighted by Crippen LogP contribution is -2.34. The highest BCUT2D eigenvalue weighted by Gasteiger charge is 2.23. The van der Waals surface area contributed by atoms with Gasteiger partial charge in [0.1, 0.15) is 5.75 Å². The highest BCUT2D eigenvalue weighted by atomic mass is 32.1. The molecule has 0 bridgehead atoms. The first-order valence-corrected chi connectivity index (χ1v) is 6.47. The number of hydrogen-bond donors (Lipinski definition) is 2. The summed E-state index contributed by atoms with van der Waals surface area (Å²) in [5.41, 5.74) is 8.49. The van der Waals surface area contributed by atoms with Crippen LogP contribution >= 0.6 is 11.3 Å². The first-order valence-electron chi connectivity index (χ1n) is 5.59. The van der Waals surface area contributed by atoms with Crippen LogP contribution in [0.15, 0.2) is 29.6 Å². The van der Waals surface area contributed by atoms with Gasteiger partial charge in [-0.15, -0.1) is 11.3 Å². The van der Waals surface area contributed by atoms with Crippen LogP contribution in [0.5, 0.6) is 5.75 Å². The van der Waals surface area contributed by atoms with Crippen LogP contribution in [0.3, 0.4) is 0 Å². The minimum absolute atomic E-state index is 0.121. The Bertz CT molecular complexity index is 621. The van der Waals surface area contributed by atoms with E-state index in [0.29, 0.717) is 11.4 Å². The number of benzene rings is 1. The molecule has 18 heavy (non-hydrogen) atoms. The Balaban J connectivity index is 2.01. The molecule has 1 atom stereocenters. The number of amides is 1. The number of ether oxygens (including phenoxy) is 1. The summed E-state index contributed by atoms with van der Waals surface area (Å²) in [5.74, 6) is 0.582. The molecule has 3 rings (SSSR count). The number of nitrogens with one attached hydrogen (secondary N) is 1. The van der Waals surface area contributed by atoms with Gasteiger partial charge in [0.05, 0.1) is 10.7 Å². The van der Waals surface area contributed by atoms with Gasteiger partial charge in [-0.1, -0.05) is 6.07 Å². The number of carbonyl (C=O) groups is 1. The molecule has 4 nitrogen and oxygen atoms in total. The zero-order valence-electron chi connectivity index (χ0n) is 9.77. The van der Waals surface area contributed by atoms with Crippen LogP contribution in [0.1, 0.15) is 6.92 Å². The minimum atomic E-state index is -0.444. The van der Waals surface area contributed by atoms with Gasteiger partial charge in [0.2, 0.25) is 0 Å². The van der Waals surface area contributed by atoms with Gasteiger partial charge in [-0.25, -0.2) is 0 Å². The number of nitrogen functional groups attached to an aromatic ring is 1. The van der Waals surface area contributed by atoms with E-state index < -0.39 is 6.10 Å². The number of nitrogens with two attached hydrogens (primary N) is 1. The maximum absolute atomic E-state index is 11.6. The van der Waals surface area contributed by atoms with E-state index in [2.05, 4.69) is 5.32 Å². The standard InChI is InChI=1S/C13H12N2O2S/c1-7-13(16)15-10-4-8(2-3-11(10)17-7)9-5-12(14)18-6-9/h2-7H,14H2,1H3,(H,15,16). The maximum atomic E-state index is 11.6. The van der Waals surface area contributed by atoms with E-state index in [-0.39, 0.29) is 5.91 Å². The van der Waals surface area contributed by atoms with Crippen molar-refractivity contribution >= 4 is 27.9 Å². The van der Waals surface area contributed by atoms with E-state index >= 15 is 0 Å². The molecule has 1 amide bonds. The fraction of sp³-hybridized carbons (Fsp3) is 0.154. The second-order valence-corrected chi connectivity index (χ2v) is 5.14. The largest absolute Gasteiger partial charge is 0.479 e. The van der Waals surface area contributed by atoms with Gasteiger partial charge in [0.25, 0.3) is 5.91 Å². The zero-order chi connectivity index (χ0) is 12.7. The number of thiophene rings is 1. The Morgan fingerprint density at radius 3 is 2.89 bits per heavy atom. The van der Waals surface area contributed by atoms with Gasteiger partial charge in [-0.3, -0.25) is 4.79 Å². The molecule has 2 heterocycles. The quantitative estimate of drug-likeness (QED) is 0.828. The summed E-state index contributed by atoms with van der Waals surface area (Å²) < 4.78 is 5.51. The molecular weight excluding hydrogens is 248 g/mol. The van der Waals surface area contributed by atoms with Crippen molar-refractivity contribution in [2.75, 3.05) is 11.1 Å². The summed E-state index contributed by atoms with van der Waals surface area (Å²) in [6.45, 7) is 1.73. The topological polar surface area (TPSA) is 64.3 Å². The Kier molecular flexibility index (Phi) is 2.48. The number of anilines is 2. The van der Waals surface area contributed by atoms with Crippen LogP contribution in [0.25, 0.3) is 11.1 Å². The van der Waals surface area contributed by atoms with E-state index in [4.69, 9.17) is 10.5 Å². The van der Waals surface area contributed by atoms with E-state index in [9.17, 15) is 4.79 Å². The van der Waals surface area contributed by atoms with Crippen LogP contribution in [-0.4, -0.2) is 12.0 Å². The summed E-state index contributed by atoms with van der Waals surface area (Å²) in [4.78, 5) is 11.6. The first kappa shape index (κ1) is 11.1. The van der Waals surface area contributed by atoms with Gasteiger partial charge in [-0.2, -0.15) is 0 Å². The van der Waals surface area contributed by atoms with E-state index in [1.807, 2.05) is 29.6 Å². The van der Waals surface area contributed by atoms with Gasteiger partial charge >= 0.3 is 0 Å². The average molecular weight is 260 g/mol. The van der Waals surface area contributed by atoms with Crippen LogP contribution in [0, 0.1) is 0 Å². The Hall–Kier alpha value is -2.01. The van der Waals surface area contributed by atoms with Crippen molar-refractivity contribution in [2.24, 2.45) is 0 Å². The van der Waals surface area contributed by atoms with Crippen molar-refractivity contribution in [1.29, 1.82) is 0 Å². The molecule has 1 unspecified atom stereocenters. The van der Waals surface area contributed by atoms with Crippen molar-refractivity contribution < 1.29 is 9.53 Å². The minimum Gasteiger partial charge on any atom is -0.479 e. The summed E-state index contributed by atoms with van der Waals surface area (Å²) in [5, 5.41) is 5.60. The van der Waals surface area contributed by atoms with Crippen LogP contribution in [-0.2, 0) is 4.79 Å². The lowest BCUT2D eigenvalue weighted by atomic mass is 10.1. The van der Waals surface area contributed by atoms with E-state index in [0.717, 1.165) is 16.1 Å². The zero-order valence-corrected chi connectivity index (χ0v) is 10.6. The van der Waals surface area contributed by atoms with E-state index in [1.54, 1.807) is 6.92 Å². The normalized spacial score (nSPS) is 17.8. The highest BCUT2D eigenvalue weighted by Crippen LogP contribution is 2.35. The SMILES string of the molecule is CC1Oc2ccc(-c3csc(N)c3)cc2NC1=O. The molecule has 0 saturated heterocycles. The molecular formula is C13H12N2O2S. The smallest absolute Gasteiger partial charge is 0.265 e. The van der Waals surface area contributed by atoms with Crippen molar-refractivity contribution in [2.45, 2.75) is 13.0 Å². The lowest BCUT2D eigenvalue weighted by Gasteiger charge is -2.23. The fourth-order valence-corrected chi connectivity index (χ4v) is 2.55. The van der Waals surface area contributed by atoms with Gasteiger partial charge < -0.3 is 15.8 Å². The predicted molar refractivity (Wildman–Crippen MR) is 72.9 cm³/mol. The van der Waals surface area contributed by atoms with Crippen LogP contribution < -0.4 is 15.8 Å².